The zero-order valence-electron chi connectivity index (χ0n) is 47.2. The van der Waals surface area contributed by atoms with Crippen LogP contribution in [0.15, 0.2) is 194 Å². The minimum absolute atomic E-state index is 0.160. The van der Waals surface area contributed by atoms with E-state index in [9.17, 15) is 14.4 Å². The van der Waals surface area contributed by atoms with Crippen LogP contribution in [0.2, 0.25) is 0 Å². The molecular formula is C69H102O6. The first kappa shape index (κ1) is 69.2. The average molecular weight is 1030 g/mol. The molecule has 1 atom stereocenters. The summed E-state index contributed by atoms with van der Waals surface area (Å²) in [6.07, 6.45) is 93.0. The van der Waals surface area contributed by atoms with Crippen molar-refractivity contribution in [2.75, 3.05) is 13.2 Å². The lowest BCUT2D eigenvalue weighted by Crippen LogP contribution is -2.30. The summed E-state index contributed by atoms with van der Waals surface area (Å²) in [5.41, 5.74) is 0. The highest BCUT2D eigenvalue weighted by Crippen LogP contribution is 2.09. The van der Waals surface area contributed by atoms with Crippen LogP contribution in [0.1, 0.15) is 201 Å². The van der Waals surface area contributed by atoms with Crippen LogP contribution in [0, 0.1) is 0 Å². The number of hydrogen-bond acceptors (Lipinski definition) is 6. The predicted molar refractivity (Wildman–Crippen MR) is 324 cm³/mol. The normalized spacial score (nSPS) is 13.6. The molecule has 0 spiro atoms. The summed E-state index contributed by atoms with van der Waals surface area (Å²) in [7, 11) is 0. The summed E-state index contributed by atoms with van der Waals surface area (Å²) in [6, 6.07) is 0. The lowest BCUT2D eigenvalue weighted by atomic mass is 10.1. The molecule has 0 saturated carbocycles. The monoisotopic (exact) mass is 1030 g/mol. The van der Waals surface area contributed by atoms with Crippen molar-refractivity contribution in [1.29, 1.82) is 0 Å². The SMILES string of the molecule is CC/C=C\C/C=C\C/C=C\C/C=C\C/C=C\C/C=C\CCC(=O)O[C@@H](COC(=O)CC/C=C\C/C=C\C/C=C\C/C=C\C/C=C\CCCCC)COC(=O)CCCCC/C=C\C/C=C\C/C=C\C/C=C\C/C=C\CC. The Hall–Kier alpha value is -5.75. The average Bonchev–Trinajstić information content (AvgIpc) is 3.41. The molecular weight excluding hydrogens is 925 g/mol. The van der Waals surface area contributed by atoms with Crippen molar-refractivity contribution in [2.24, 2.45) is 0 Å². The molecule has 0 aromatic heterocycles. The molecule has 0 heterocycles. The third kappa shape index (κ3) is 59.0. The third-order valence-electron chi connectivity index (χ3n) is 11.1. The van der Waals surface area contributed by atoms with Crippen molar-refractivity contribution < 1.29 is 28.6 Å². The zero-order chi connectivity index (χ0) is 54.3. The molecule has 6 heteroatoms. The highest BCUT2D eigenvalue weighted by molar-refractivity contribution is 5.71. The van der Waals surface area contributed by atoms with Crippen molar-refractivity contribution in [3.05, 3.63) is 194 Å². The summed E-state index contributed by atoms with van der Waals surface area (Å²) < 4.78 is 16.7. The highest BCUT2D eigenvalue weighted by Gasteiger charge is 2.19. The lowest BCUT2D eigenvalue weighted by Gasteiger charge is -2.18. The van der Waals surface area contributed by atoms with E-state index in [1.807, 2.05) is 24.3 Å². The molecule has 0 saturated heterocycles. The lowest BCUT2D eigenvalue weighted by molar-refractivity contribution is -0.166. The molecule has 0 N–H and O–H groups in total. The van der Waals surface area contributed by atoms with Gasteiger partial charge < -0.3 is 14.2 Å². The van der Waals surface area contributed by atoms with Crippen molar-refractivity contribution in [1.82, 2.24) is 0 Å². The van der Waals surface area contributed by atoms with Crippen LogP contribution in [0.5, 0.6) is 0 Å². The molecule has 0 fully saturated rings. The Morgan fingerprint density at radius 1 is 0.280 bits per heavy atom. The minimum atomic E-state index is -0.876. The quantitative estimate of drug-likeness (QED) is 0.0261. The second-order valence-electron chi connectivity index (χ2n) is 18.1. The fourth-order valence-corrected chi connectivity index (χ4v) is 6.83. The van der Waals surface area contributed by atoms with Gasteiger partial charge in [0, 0.05) is 19.3 Å². The minimum Gasteiger partial charge on any atom is -0.462 e. The van der Waals surface area contributed by atoms with Gasteiger partial charge in [0.15, 0.2) is 6.10 Å². The van der Waals surface area contributed by atoms with E-state index in [1.54, 1.807) is 0 Å². The number of ether oxygens (including phenoxy) is 3. The Labute approximate surface area is 458 Å². The predicted octanol–water partition coefficient (Wildman–Crippen LogP) is 19.9. The first-order chi connectivity index (χ1) is 37.0. The van der Waals surface area contributed by atoms with E-state index < -0.39 is 18.0 Å². The van der Waals surface area contributed by atoms with Gasteiger partial charge in [-0.15, -0.1) is 0 Å². The molecule has 0 bridgehead atoms. The van der Waals surface area contributed by atoms with E-state index in [0.29, 0.717) is 19.3 Å². The van der Waals surface area contributed by atoms with Gasteiger partial charge in [-0.3, -0.25) is 14.4 Å². The fraction of sp³-hybridized carbons (Fsp3) is 0.493. The van der Waals surface area contributed by atoms with Crippen molar-refractivity contribution in [3.8, 4) is 0 Å². The zero-order valence-corrected chi connectivity index (χ0v) is 47.2. The second-order valence-corrected chi connectivity index (χ2v) is 18.1. The Bertz CT molecular complexity index is 1850. The Balaban J connectivity index is 4.72. The molecule has 0 aromatic carbocycles. The first-order valence-electron chi connectivity index (χ1n) is 28.9. The molecule has 0 aliphatic heterocycles. The second kappa shape index (κ2) is 60.8. The number of unbranched alkanes of at least 4 members (excludes halogenated alkanes) is 6. The van der Waals surface area contributed by atoms with E-state index >= 15 is 0 Å². The summed E-state index contributed by atoms with van der Waals surface area (Å²) in [4.78, 5) is 38.1. The molecule has 6 nitrogen and oxygen atoms in total. The van der Waals surface area contributed by atoms with Crippen molar-refractivity contribution in [3.63, 3.8) is 0 Å². The number of hydrogen-bond donors (Lipinski definition) is 0. The molecule has 0 rings (SSSR count). The number of rotatable bonds is 49. The van der Waals surface area contributed by atoms with Gasteiger partial charge in [0.2, 0.25) is 0 Å². The summed E-state index contributed by atoms with van der Waals surface area (Å²) in [5, 5.41) is 0. The maximum Gasteiger partial charge on any atom is 0.306 e. The Kier molecular flexibility index (Phi) is 56.1. The van der Waals surface area contributed by atoms with Gasteiger partial charge in [-0.05, 0) is 141 Å². The molecule has 0 aromatic rings. The molecule has 75 heavy (non-hydrogen) atoms. The third-order valence-corrected chi connectivity index (χ3v) is 11.1. The maximum absolute atomic E-state index is 12.8. The summed E-state index contributed by atoms with van der Waals surface area (Å²) >= 11 is 0. The molecule has 0 aliphatic rings. The van der Waals surface area contributed by atoms with Crippen LogP contribution < -0.4 is 0 Å². The fourth-order valence-electron chi connectivity index (χ4n) is 6.83. The molecule has 0 unspecified atom stereocenters. The molecule has 0 radical (unpaired) electrons. The van der Waals surface area contributed by atoms with Gasteiger partial charge in [0.25, 0.3) is 0 Å². The van der Waals surface area contributed by atoms with E-state index in [-0.39, 0.29) is 38.4 Å². The number of allylic oxidation sites excluding steroid dienone is 32. The largest absolute Gasteiger partial charge is 0.462 e. The summed E-state index contributed by atoms with van der Waals surface area (Å²) in [5.74, 6) is -1.17. The van der Waals surface area contributed by atoms with Gasteiger partial charge in [-0.2, -0.15) is 0 Å². The van der Waals surface area contributed by atoms with Crippen LogP contribution in [-0.4, -0.2) is 37.2 Å². The van der Waals surface area contributed by atoms with Crippen molar-refractivity contribution >= 4 is 17.9 Å². The van der Waals surface area contributed by atoms with Gasteiger partial charge in [0.1, 0.15) is 13.2 Å². The number of carbonyl (C=O) groups is 3. The van der Waals surface area contributed by atoms with Gasteiger partial charge >= 0.3 is 17.9 Å². The first-order valence-corrected chi connectivity index (χ1v) is 28.9. The van der Waals surface area contributed by atoms with Crippen LogP contribution >= 0.6 is 0 Å². The van der Waals surface area contributed by atoms with Crippen molar-refractivity contribution in [2.45, 2.75) is 207 Å². The molecule has 0 aliphatic carbocycles. The highest BCUT2D eigenvalue weighted by atomic mass is 16.6. The van der Waals surface area contributed by atoms with Crippen LogP contribution in [0.25, 0.3) is 0 Å². The Morgan fingerprint density at radius 2 is 0.547 bits per heavy atom. The Morgan fingerprint density at radius 3 is 0.867 bits per heavy atom. The van der Waals surface area contributed by atoms with Gasteiger partial charge in [-0.1, -0.05) is 234 Å². The topological polar surface area (TPSA) is 78.9 Å². The van der Waals surface area contributed by atoms with E-state index in [1.165, 1.54) is 25.7 Å². The van der Waals surface area contributed by atoms with E-state index in [2.05, 4.69) is 191 Å². The summed E-state index contributed by atoms with van der Waals surface area (Å²) in [6.45, 7) is 6.20. The number of carbonyl (C=O) groups excluding carboxylic acids is 3. The van der Waals surface area contributed by atoms with Crippen LogP contribution in [0.3, 0.4) is 0 Å². The van der Waals surface area contributed by atoms with Crippen LogP contribution in [-0.2, 0) is 28.6 Å². The standard InChI is InChI=1S/C69H102O6/c1-4-7-10-13-16-19-22-25-28-31-34-37-40-43-46-49-52-55-58-61-67(70)73-64-66(75-69(72)63-60-57-54-51-48-45-42-39-36-33-30-27-24-21-18-15-12-9-6-3)65-74-68(71)62-59-56-53-50-47-44-41-38-35-32-29-26-23-20-17-14-11-8-5-2/h7,9-10,12,16-21,25-30,34-39,43-48,53-54,56-57,66H,4-6,8,11,13-15,22-24,31-33,40-42,49-52,55,58-65H2,1-3H3/b10-7-,12-9-,19-16-,20-17-,21-18-,28-25-,29-26-,30-27-,37-34-,38-35-,39-36-,46-43-,47-44-,48-45-,56-53-,57-54-/t66-/m1/s1. The molecule has 414 valence electrons. The smallest absolute Gasteiger partial charge is 0.306 e. The van der Waals surface area contributed by atoms with Crippen LogP contribution in [0.4, 0.5) is 0 Å². The number of esters is 3. The van der Waals surface area contributed by atoms with Gasteiger partial charge in [0.05, 0.1) is 0 Å². The maximum atomic E-state index is 12.8. The van der Waals surface area contributed by atoms with E-state index in [0.717, 1.165) is 116 Å². The van der Waals surface area contributed by atoms with Gasteiger partial charge in [-0.25, -0.2) is 0 Å². The van der Waals surface area contributed by atoms with E-state index in [4.69, 9.17) is 14.2 Å². The molecule has 0 amide bonds.